The van der Waals surface area contributed by atoms with E-state index in [9.17, 15) is 4.79 Å². The topological polar surface area (TPSA) is 51.2 Å². The Morgan fingerprint density at radius 3 is 3.00 bits per heavy atom. The number of nitrogens with one attached hydrogen (secondary N) is 1. The van der Waals surface area contributed by atoms with Crippen molar-refractivity contribution in [3.05, 3.63) is 11.1 Å². The first-order chi connectivity index (χ1) is 8.03. The molecule has 1 aliphatic rings. The number of thiazole rings is 1. The van der Waals surface area contributed by atoms with Crippen LogP contribution in [0.5, 0.6) is 0 Å². The highest BCUT2D eigenvalue weighted by molar-refractivity contribution is 7.17. The molecule has 4 nitrogen and oxygen atoms in total. The van der Waals surface area contributed by atoms with E-state index in [-0.39, 0.29) is 5.97 Å². The van der Waals surface area contributed by atoms with Crippen LogP contribution in [0, 0.1) is 5.41 Å². The van der Waals surface area contributed by atoms with Crippen LogP contribution in [0.3, 0.4) is 0 Å². The average Bonchev–Trinajstić information content (AvgIpc) is 2.86. The van der Waals surface area contributed by atoms with E-state index in [0.717, 1.165) is 5.13 Å². The summed E-state index contributed by atoms with van der Waals surface area (Å²) < 4.78 is 4.66. The Morgan fingerprint density at radius 2 is 2.41 bits per heavy atom. The average molecular weight is 254 g/mol. The molecule has 1 atom stereocenters. The summed E-state index contributed by atoms with van der Waals surface area (Å²) >= 11 is 1.36. The molecular formula is C12H18N2O2S. The molecule has 1 aliphatic carbocycles. The zero-order valence-corrected chi connectivity index (χ0v) is 11.3. The first-order valence-corrected chi connectivity index (χ1v) is 6.65. The lowest BCUT2D eigenvalue weighted by Crippen LogP contribution is -2.30. The summed E-state index contributed by atoms with van der Waals surface area (Å²) in [6.07, 6.45) is 5.22. The second-order valence-corrected chi connectivity index (χ2v) is 6.13. The summed E-state index contributed by atoms with van der Waals surface area (Å²) in [6.45, 7) is 4.54. The fourth-order valence-electron chi connectivity index (χ4n) is 2.28. The molecule has 94 valence electrons. The Bertz CT molecular complexity index is 414. The van der Waals surface area contributed by atoms with Crippen molar-refractivity contribution in [2.75, 3.05) is 12.4 Å². The molecule has 0 aromatic carbocycles. The molecule has 17 heavy (non-hydrogen) atoms. The number of hydrogen-bond donors (Lipinski definition) is 1. The molecule has 0 radical (unpaired) electrons. The van der Waals surface area contributed by atoms with E-state index in [1.165, 1.54) is 37.7 Å². The van der Waals surface area contributed by atoms with Crippen LogP contribution < -0.4 is 5.32 Å². The van der Waals surface area contributed by atoms with Crippen molar-refractivity contribution in [2.45, 2.75) is 39.2 Å². The molecule has 5 heteroatoms. The Hall–Kier alpha value is -1.10. The van der Waals surface area contributed by atoms with Crippen LogP contribution in [0.25, 0.3) is 0 Å². The van der Waals surface area contributed by atoms with E-state index in [1.807, 2.05) is 0 Å². The lowest BCUT2D eigenvalue weighted by atomic mass is 9.87. The minimum absolute atomic E-state index is 0.303. The SMILES string of the molecule is COC(=O)c1cnc(NC2CCCC2(C)C)s1. The molecule has 0 spiro atoms. The van der Waals surface area contributed by atoms with Gasteiger partial charge in [0.05, 0.1) is 13.3 Å². The first kappa shape index (κ1) is 12.4. The third-order valence-electron chi connectivity index (χ3n) is 3.45. The van der Waals surface area contributed by atoms with Gasteiger partial charge < -0.3 is 10.1 Å². The summed E-state index contributed by atoms with van der Waals surface area (Å²) in [5.41, 5.74) is 0.303. The van der Waals surface area contributed by atoms with Crippen molar-refractivity contribution < 1.29 is 9.53 Å². The Balaban J connectivity index is 2.04. The Labute approximate surface area is 105 Å². The highest BCUT2D eigenvalue weighted by atomic mass is 32.1. The van der Waals surface area contributed by atoms with Crippen molar-refractivity contribution in [3.63, 3.8) is 0 Å². The summed E-state index contributed by atoms with van der Waals surface area (Å²) in [5.74, 6) is -0.318. The quantitative estimate of drug-likeness (QED) is 0.843. The van der Waals surface area contributed by atoms with Gasteiger partial charge in [0.25, 0.3) is 0 Å². The number of ether oxygens (including phenoxy) is 1. The van der Waals surface area contributed by atoms with Gasteiger partial charge in [-0.1, -0.05) is 31.6 Å². The monoisotopic (exact) mass is 254 g/mol. The number of rotatable bonds is 3. The van der Waals surface area contributed by atoms with Gasteiger partial charge in [-0.25, -0.2) is 9.78 Å². The van der Waals surface area contributed by atoms with Crippen molar-refractivity contribution in [3.8, 4) is 0 Å². The normalized spacial score (nSPS) is 22.4. The van der Waals surface area contributed by atoms with E-state index >= 15 is 0 Å². The fourth-order valence-corrected chi connectivity index (χ4v) is 3.07. The van der Waals surface area contributed by atoms with Crippen molar-refractivity contribution in [2.24, 2.45) is 5.41 Å². The maximum atomic E-state index is 11.3. The fraction of sp³-hybridized carbons (Fsp3) is 0.667. The molecule has 1 saturated carbocycles. The summed E-state index contributed by atoms with van der Waals surface area (Å²) in [4.78, 5) is 16.1. The van der Waals surface area contributed by atoms with Crippen LogP contribution in [0.4, 0.5) is 5.13 Å². The zero-order chi connectivity index (χ0) is 12.5. The van der Waals surface area contributed by atoms with Gasteiger partial charge in [0.1, 0.15) is 4.88 Å². The maximum Gasteiger partial charge on any atom is 0.349 e. The van der Waals surface area contributed by atoms with Gasteiger partial charge >= 0.3 is 5.97 Å². The molecular weight excluding hydrogens is 236 g/mol. The number of carbonyl (C=O) groups excluding carboxylic acids is 1. The van der Waals surface area contributed by atoms with Crippen LogP contribution in [-0.4, -0.2) is 24.1 Å². The predicted molar refractivity (Wildman–Crippen MR) is 68.5 cm³/mol. The first-order valence-electron chi connectivity index (χ1n) is 5.83. The van der Waals surface area contributed by atoms with Crippen molar-refractivity contribution in [1.82, 2.24) is 4.98 Å². The van der Waals surface area contributed by atoms with E-state index < -0.39 is 0 Å². The standard InChI is InChI=1S/C12H18N2O2S/c1-12(2)6-4-5-9(12)14-11-13-7-8(17-11)10(15)16-3/h7,9H,4-6H2,1-3H3,(H,13,14). The highest BCUT2D eigenvalue weighted by Crippen LogP contribution is 2.39. The maximum absolute atomic E-state index is 11.3. The lowest BCUT2D eigenvalue weighted by Gasteiger charge is -2.27. The number of aromatic nitrogens is 1. The molecule has 0 bridgehead atoms. The second-order valence-electron chi connectivity index (χ2n) is 5.10. The number of methoxy groups -OCH3 is 1. The highest BCUT2D eigenvalue weighted by Gasteiger charge is 2.34. The van der Waals surface area contributed by atoms with Crippen LogP contribution in [0.15, 0.2) is 6.20 Å². The molecule has 1 aromatic rings. The molecule has 1 unspecified atom stereocenters. The molecule has 0 aliphatic heterocycles. The van der Waals surface area contributed by atoms with Gasteiger partial charge in [-0.3, -0.25) is 0 Å². The van der Waals surface area contributed by atoms with E-state index in [1.54, 1.807) is 6.20 Å². The van der Waals surface area contributed by atoms with E-state index in [2.05, 4.69) is 28.9 Å². The third-order valence-corrected chi connectivity index (χ3v) is 4.36. The number of esters is 1. The van der Waals surface area contributed by atoms with Gasteiger partial charge in [0, 0.05) is 6.04 Å². The largest absolute Gasteiger partial charge is 0.465 e. The van der Waals surface area contributed by atoms with Crippen molar-refractivity contribution in [1.29, 1.82) is 0 Å². The minimum Gasteiger partial charge on any atom is -0.465 e. The minimum atomic E-state index is -0.318. The predicted octanol–water partition coefficient (Wildman–Crippen LogP) is 2.92. The van der Waals surface area contributed by atoms with Crippen LogP contribution in [0.1, 0.15) is 42.8 Å². The molecule has 2 rings (SSSR count). The smallest absolute Gasteiger partial charge is 0.349 e. The summed E-state index contributed by atoms with van der Waals surface area (Å²) in [6, 6.07) is 0.444. The van der Waals surface area contributed by atoms with Gasteiger partial charge in [0.2, 0.25) is 0 Å². The Morgan fingerprint density at radius 1 is 1.65 bits per heavy atom. The van der Waals surface area contributed by atoms with E-state index in [4.69, 9.17) is 0 Å². The lowest BCUT2D eigenvalue weighted by molar-refractivity contribution is 0.0606. The number of nitrogens with zero attached hydrogens (tertiary/aromatic N) is 1. The van der Waals surface area contributed by atoms with E-state index in [0.29, 0.717) is 16.3 Å². The summed E-state index contributed by atoms with van der Waals surface area (Å²) in [7, 11) is 1.38. The molecule has 0 saturated heterocycles. The molecule has 0 amide bonds. The zero-order valence-electron chi connectivity index (χ0n) is 10.4. The number of hydrogen-bond acceptors (Lipinski definition) is 5. The van der Waals surface area contributed by atoms with Gasteiger partial charge in [-0.2, -0.15) is 0 Å². The third kappa shape index (κ3) is 2.60. The van der Waals surface area contributed by atoms with Gasteiger partial charge in [-0.05, 0) is 18.3 Å². The Kier molecular flexibility index (Phi) is 3.38. The van der Waals surface area contributed by atoms with Crippen LogP contribution >= 0.6 is 11.3 Å². The van der Waals surface area contributed by atoms with Crippen LogP contribution in [-0.2, 0) is 4.74 Å². The second kappa shape index (κ2) is 4.64. The van der Waals surface area contributed by atoms with Gasteiger partial charge in [0.15, 0.2) is 5.13 Å². The number of anilines is 1. The van der Waals surface area contributed by atoms with Crippen LogP contribution in [0.2, 0.25) is 0 Å². The molecule has 1 fully saturated rings. The molecule has 1 heterocycles. The summed E-state index contributed by atoms with van der Waals surface area (Å²) in [5, 5.41) is 4.24. The van der Waals surface area contributed by atoms with Gasteiger partial charge in [-0.15, -0.1) is 0 Å². The molecule has 1 aromatic heterocycles. The van der Waals surface area contributed by atoms with Crippen molar-refractivity contribution >= 4 is 22.4 Å². The molecule has 1 N–H and O–H groups in total. The number of carbonyl (C=O) groups is 1.